The van der Waals surface area contributed by atoms with Crippen molar-refractivity contribution in [2.45, 2.75) is 77.9 Å². The molecule has 4 heteroatoms. The van der Waals surface area contributed by atoms with Crippen LogP contribution in [0.15, 0.2) is 10.5 Å². The van der Waals surface area contributed by atoms with E-state index in [2.05, 4.69) is 25.2 Å². The van der Waals surface area contributed by atoms with Gasteiger partial charge in [0.05, 0.1) is 12.2 Å². The monoisotopic (exact) mass is 295 g/mol. The van der Waals surface area contributed by atoms with E-state index < -0.39 is 0 Å². The first-order valence-electron chi connectivity index (χ1n) is 8.04. The molecule has 21 heavy (non-hydrogen) atoms. The van der Waals surface area contributed by atoms with Gasteiger partial charge >= 0.3 is 0 Å². The smallest absolute Gasteiger partial charge is 0.130 e. The van der Waals surface area contributed by atoms with Crippen LogP contribution < -0.4 is 5.32 Å². The maximum Gasteiger partial charge on any atom is 0.130 e. The van der Waals surface area contributed by atoms with Gasteiger partial charge in [0.15, 0.2) is 0 Å². The molecule has 0 amide bonds. The van der Waals surface area contributed by atoms with E-state index in [1.165, 1.54) is 12.0 Å². The number of furan rings is 1. The van der Waals surface area contributed by atoms with E-state index in [0.29, 0.717) is 24.9 Å². The zero-order chi connectivity index (χ0) is 15.2. The molecule has 1 aliphatic carbocycles. The van der Waals surface area contributed by atoms with Crippen LogP contribution in [0, 0.1) is 6.92 Å². The molecule has 1 saturated carbocycles. The molecule has 0 spiro atoms. The van der Waals surface area contributed by atoms with Crippen molar-refractivity contribution in [3.05, 3.63) is 23.2 Å². The SMILES string of the molecule is COC1CCCC(OCc2cc(CNC(C)C)c(C)o2)C1. The van der Waals surface area contributed by atoms with Gasteiger partial charge < -0.3 is 19.2 Å². The number of hydrogen-bond acceptors (Lipinski definition) is 4. The largest absolute Gasteiger partial charge is 0.464 e. The molecule has 2 rings (SSSR count). The van der Waals surface area contributed by atoms with Crippen molar-refractivity contribution >= 4 is 0 Å². The Labute approximate surface area is 128 Å². The standard InChI is InChI=1S/C17H29NO3/c1-12(2)18-10-14-8-17(21-13(14)3)11-20-16-7-5-6-15(9-16)19-4/h8,12,15-16,18H,5-7,9-11H2,1-4H3. The minimum absolute atomic E-state index is 0.298. The highest BCUT2D eigenvalue weighted by atomic mass is 16.5. The Hall–Kier alpha value is -0.840. The molecule has 1 aliphatic rings. The average Bonchev–Trinajstić information content (AvgIpc) is 2.83. The van der Waals surface area contributed by atoms with Crippen molar-refractivity contribution in [3.63, 3.8) is 0 Å². The Morgan fingerprint density at radius 2 is 2.10 bits per heavy atom. The van der Waals surface area contributed by atoms with Crippen LogP contribution in [0.2, 0.25) is 0 Å². The molecule has 120 valence electrons. The molecule has 4 nitrogen and oxygen atoms in total. The summed E-state index contributed by atoms with van der Waals surface area (Å²) in [5.74, 6) is 1.91. The molecule has 1 fully saturated rings. The first-order chi connectivity index (χ1) is 10.1. The van der Waals surface area contributed by atoms with Crippen LogP contribution in [-0.4, -0.2) is 25.4 Å². The number of ether oxygens (including phenoxy) is 2. The quantitative estimate of drug-likeness (QED) is 0.835. The molecule has 0 saturated heterocycles. The summed E-state index contributed by atoms with van der Waals surface area (Å²) in [5.41, 5.74) is 1.22. The zero-order valence-electron chi connectivity index (χ0n) is 13.8. The van der Waals surface area contributed by atoms with Crippen LogP contribution in [0.1, 0.15) is 56.6 Å². The van der Waals surface area contributed by atoms with E-state index in [1.807, 2.05) is 6.92 Å². The minimum atomic E-state index is 0.298. The van der Waals surface area contributed by atoms with E-state index in [1.54, 1.807) is 7.11 Å². The predicted octanol–water partition coefficient (Wildman–Crippen LogP) is 3.56. The first kappa shape index (κ1) is 16.5. The molecule has 1 heterocycles. The van der Waals surface area contributed by atoms with Gasteiger partial charge in [0, 0.05) is 25.3 Å². The second-order valence-electron chi connectivity index (χ2n) is 6.29. The van der Waals surface area contributed by atoms with Gasteiger partial charge in [-0.1, -0.05) is 13.8 Å². The van der Waals surface area contributed by atoms with Gasteiger partial charge in [0.25, 0.3) is 0 Å². The molecule has 0 aromatic carbocycles. The molecule has 1 N–H and O–H groups in total. The highest BCUT2D eigenvalue weighted by Gasteiger charge is 2.22. The Balaban J connectivity index is 1.81. The highest BCUT2D eigenvalue weighted by molar-refractivity contribution is 5.20. The summed E-state index contributed by atoms with van der Waals surface area (Å²) in [7, 11) is 1.79. The van der Waals surface area contributed by atoms with Gasteiger partial charge in [-0.05, 0) is 38.7 Å². The number of nitrogens with one attached hydrogen (secondary N) is 1. The number of hydrogen-bond donors (Lipinski definition) is 1. The third-order valence-electron chi connectivity index (χ3n) is 4.14. The fourth-order valence-electron chi connectivity index (χ4n) is 2.82. The summed E-state index contributed by atoms with van der Waals surface area (Å²) in [6, 6.07) is 2.59. The molecule has 1 aromatic rings. The van der Waals surface area contributed by atoms with Gasteiger partial charge in [-0.15, -0.1) is 0 Å². The molecule has 0 radical (unpaired) electrons. The lowest BCUT2D eigenvalue weighted by molar-refractivity contribution is -0.0406. The van der Waals surface area contributed by atoms with Gasteiger partial charge in [-0.25, -0.2) is 0 Å². The van der Waals surface area contributed by atoms with E-state index in [0.717, 1.165) is 37.3 Å². The lowest BCUT2D eigenvalue weighted by Gasteiger charge is -2.27. The van der Waals surface area contributed by atoms with Crippen LogP contribution in [0.25, 0.3) is 0 Å². The van der Waals surface area contributed by atoms with Crippen molar-refractivity contribution < 1.29 is 13.9 Å². The summed E-state index contributed by atoms with van der Waals surface area (Å²) >= 11 is 0. The molecule has 0 aliphatic heterocycles. The van der Waals surface area contributed by atoms with Gasteiger partial charge in [-0.2, -0.15) is 0 Å². The van der Waals surface area contributed by atoms with Crippen molar-refractivity contribution in [2.24, 2.45) is 0 Å². The first-order valence-corrected chi connectivity index (χ1v) is 8.04. The summed E-state index contributed by atoms with van der Waals surface area (Å²) in [6.45, 7) is 7.72. The fourth-order valence-corrected chi connectivity index (χ4v) is 2.82. The lowest BCUT2D eigenvalue weighted by Crippen LogP contribution is -2.27. The maximum atomic E-state index is 6.00. The second-order valence-corrected chi connectivity index (χ2v) is 6.29. The Morgan fingerprint density at radius 1 is 1.33 bits per heavy atom. The molecule has 2 atom stereocenters. The van der Waals surface area contributed by atoms with Crippen LogP contribution in [-0.2, 0) is 22.6 Å². The number of rotatable bonds is 7. The predicted molar refractivity (Wildman–Crippen MR) is 83.3 cm³/mol. The number of aryl methyl sites for hydroxylation is 1. The van der Waals surface area contributed by atoms with Crippen LogP contribution in [0.4, 0.5) is 0 Å². The fraction of sp³-hybridized carbons (Fsp3) is 0.765. The summed E-state index contributed by atoms with van der Waals surface area (Å²) in [4.78, 5) is 0. The highest BCUT2D eigenvalue weighted by Crippen LogP contribution is 2.24. The van der Waals surface area contributed by atoms with Crippen molar-refractivity contribution in [3.8, 4) is 0 Å². The van der Waals surface area contributed by atoms with Gasteiger partial charge in [0.2, 0.25) is 0 Å². The third-order valence-corrected chi connectivity index (χ3v) is 4.14. The van der Waals surface area contributed by atoms with E-state index in [-0.39, 0.29) is 0 Å². The molecule has 1 aromatic heterocycles. The van der Waals surface area contributed by atoms with E-state index in [4.69, 9.17) is 13.9 Å². The maximum absolute atomic E-state index is 6.00. The average molecular weight is 295 g/mol. The molecule has 0 bridgehead atoms. The summed E-state index contributed by atoms with van der Waals surface area (Å²) in [5, 5.41) is 3.42. The Morgan fingerprint density at radius 3 is 2.81 bits per heavy atom. The summed E-state index contributed by atoms with van der Waals surface area (Å²) in [6.07, 6.45) is 5.11. The number of methoxy groups -OCH3 is 1. The second kappa shape index (κ2) is 7.97. The Kier molecular flexibility index (Phi) is 6.27. The van der Waals surface area contributed by atoms with E-state index >= 15 is 0 Å². The van der Waals surface area contributed by atoms with Gasteiger partial charge in [0.1, 0.15) is 18.1 Å². The minimum Gasteiger partial charge on any atom is -0.464 e. The third kappa shape index (κ3) is 5.13. The topological polar surface area (TPSA) is 43.6 Å². The van der Waals surface area contributed by atoms with Crippen LogP contribution in [0.3, 0.4) is 0 Å². The van der Waals surface area contributed by atoms with E-state index in [9.17, 15) is 0 Å². The van der Waals surface area contributed by atoms with Crippen molar-refractivity contribution in [1.29, 1.82) is 0 Å². The molecule has 2 unspecified atom stereocenters. The molecular formula is C17H29NO3. The lowest BCUT2D eigenvalue weighted by atomic mass is 9.95. The molecular weight excluding hydrogens is 266 g/mol. The van der Waals surface area contributed by atoms with Crippen molar-refractivity contribution in [1.82, 2.24) is 5.32 Å². The van der Waals surface area contributed by atoms with Crippen LogP contribution >= 0.6 is 0 Å². The van der Waals surface area contributed by atoms with Crippen molar-refractivity contribution in [2.75, 3.05) is 7.11 Å². The van der Waals surface area contributed by atoms with Gasteiger partial charge in [-0.3, -0.25) is 0 Å². The normalized spacial score (nSPS) is 22.9. The zero-order valence-corrected chi connectivity index (χ0v) is 13.8. The van der Waals surface area contributed by atoms with Crippen LogP contribution in [0.5, 0.6) is 0 Å². The summed E-state index contributed by atoms with van der Waals surface area (Å²) < 4.78 is 17.2. The Bertz CT molecular complexity index is 428.